The molecule has 1 aromatic heterocycles. The number of anilines is 1. The van der Waals surface area contributed by atoms with Gasteiger partial charge in [0.25, 0.3) is 0 Å². The van der Waals surface area contributed by atoms with Gasteiger partial charge in [-0.3, -0.25) is 10.8 Å². The van der Waals surface area contributed by atoms with Crippen LogP contribution in [0.2, 0.25) is 0 Å². The number of hydrazine groups is 1. The highest BCUT2D eigenvalue weighted by Gasteiger charge is 2.00. The minimum Gasteiger partial charge on any atom is -0.324 e. The maximum atomic E-state index is 5.37. The van der Waals surface area contributed by atoms with Gasteiger partial charge in [-0.2, -0.15) is 11.8 Å². The number of nitrogens with one attached hydrogen (secondary N) is 1. The van der Waals surface area contributed by atoms with Crippen molar-refractivity contribution in [1.82, 2.24) is 4.98 Å². The summed E-state index contributed by atoms with van der Waals surface area (Å²) in [4.78, 5) is 4.32. The lowest BCUT2D eigenvalue weighted by atomic mass is 10.1. The third-order valence-electron chi connectivity index (χ3n) is 2.75. The van der Waals surface area contributed by atoms with Gasteiger partial charge in [-0.05, 0) is 30.2 Å². The summed E-state index contributed by atoms with van der Waals surface area (Å²) in [6.45, 7) is 2.15. The zero-order valence-electron chi connectivity index (χ0n) is 10.4. The van der Waals surface area contributed by atoms with Crippen molar-refractivity contribution in [2.24, 2.45) is 5.84 Å². The number of rotatable bonds is 5. The van der Waals surface area contributed by atoms with E-state index < -0.39 is 0 Å². The number of benzene rings is 1. The highest BCUT2D eigenvalue weighted by atomic mass is 32.2. The quantitative estimate of drug-likeness (QED) is 0.640. The van der Waals surface area contributed by atoms with Crippen molar-refractivity contribution >= 4 is 17.4 Å². The van der Waals surface area contributed by atoms with Crippen LogP contribution in [0.15, 0.2) is 42.6 Å². The molecule has 0 atom stereocenters. The number of hydrogen-bond acceptors (Lipinski definition) is 4. The summed E-state index contributed by atoms with van der Waals surface area (Å²) in [5, 5.41) is 0. The fraction of sp³-hybridized carbons (Fsp3) is 0.214. The summed E-state index contributed by atoms with van der Waals surface area (Å²) in [5.74, 6) is 7.27. The van der Waals surface area contributed by atoms with Gasteiger partial charge in [0.1, 0.15) is 0 Å². The van der Waals surface area contributed by atoms with Crippen molar-refractivity contribution in [2.45, 2.75) is 18.4 Å². The average molecular weight is 259 g/mol. The lowest BCUT2D eigenvalue weighted by Crippen LogP contribution is -2.07. The lowest BCUT2D eigenvalue weighted by Gasteiger charge is -2.06. The maximum Gasteiger partial charge on any atom is 0.0523 e. The molecule has 0 unspecified atom stereocenters. The van der Waals surface area contributed by atoms with Crippen LogP contribution in [0.3, 0.4) is 0 Å². The van der Waals surface area contributed by atoms with E-state index in [9.17, 15) is 0 Å². The molecule has 0 saturated carbocycles. The third-order valence-corrected chi connectivity index (χ3v) is 3.77. The first kappa shape index (κ1) is 12.9. The number of nitrogen functional groups attached to an aromatic ring is 1. The van der Waals surface area contributed by atoms with Gasteiger partial charge in [0.05, 0.1) is 11.4 Å². The molecule has 1 aromatic carbocycles. The molecule has 0 saturated heterocycles. The highest BCUT2D eigenvalue weighted by molar-refractivity contribution is 7.97. The van der Waals surface area contributed by atoms with Crippen LogP contribution in [0.25, 0.3) is 0 Å². The van der Waals surface area contributed by atoms with Gasteiger partial charge in [-0.15, -0.1) is 0 Å². The summed E-state index contributed by atoms with van der Waals surface area (Å²) < 4.78 is 0. The number of pyridine rings is 1. The van der Waals surface area contributed by atoms with E-state index in [4.69, 9.17) is 5.84 Å². The lowest BCUT2D eigenvalue weighted by molar-refractivity contribution is 1.16. The Morgan fingerprint density at radius 2 is 2.06 bits per heavy atom. The first-order valence-electron chi connectivity index (χ1n) is 5.83. The van der Waals surface area contributed by atoms with Crippen molar-refractivity contribution in [3.05, 3.63) is 59.4 Å². The topological polar surface area (TPSA) is 50.9 Å². The molecule has 94 valence electrons. The Bertz CT molecular complexity index is 514. The molecule has 4 heteroatoms. The van der Waals surface area contributed by atoms with Gasteiger partial charge in [0.15, 0.2) is 0 Å². The van der Waals surface area contributed by atoms with Crippen LogP contribution in [-0.4, -0.2) is 4.98 Å². The molecule has 3 N–H and O–H groups in total. The number of aryl methyl sites for hydroxylation is 1. The Kier molecular flexibility index (Phi) is 4.61. The standard InChI is InChI=1S/C14H17N3S/c1-11-4-2-3-5-12(11)9-18-10-14-8-13(17-15)6-7-16-14/h2-8H,9-10,15H2,1H3,(H,16,17). The third kappa shape index (κ3) is 3.48. The van der Waals surface area contributed by atoms with Crippen LogP contribution < -0.4 is 11.3 Å². The van der Waals surface area contributed by atoms with Gasteiger partial charge in [0, 0.05) is 17.7 Å². The van der Waals surface area contributed by atoms with Crippen LogP contribution in [0.4, 0.5) is 5.69 Å². The van der Waals surface area contributed by atoms with E-state index >= 15 is 0 Å². The average Bonchev–Trinajstić information content (AvgIpc) is 2.41. The largest absolute Gasteiger partial charge is 0.324 e. The van der Waals surface area contributed by atoms with Gasteiger partial charge < -0.3 is 5.43 Å². The molecule has 1 heterocycles. The van der Waals surface area contributed by atoms with E-state index in [0.29, 0.717) is 0 Å². The number of hydrogen-bond donors (Lipinski definition) is 2. The molecule has 18 heavy (non-hydrogen) atoms. The zero-order chi connectivity index (χ0) is 12.8. The molecule has 0 fully saturated rings. The molecule has 0 aliphatic carbocycles. The second-order valence-corrected chi connectivity index (χ2v) is 5.09. The predicted molar refractivity (Wildman–Crippen MR) is 78.2 cm³/mol. The van der Waals surface area contributed by atoms with Crippen molar-refractivity contribution < 1.29 is 0 Å². The summed E-state index contributed by atoms with van der Waals surface area (Å²) in [6.07, 6.45) is 1.78. The highest BCUT2D eigenvalue weighted by Crippen LogP contribution is 2.20. The molecular formula is C14H17N3S. The second kappa shape index (κ2) is 6.42. The van der Waals surface area contributed by atoms with Gasteiger partial charge in [-0.25, -0.2) is 0 Å². The van der Waals surface area contributed by atoms with Crippen LogP contribution in [0.1, 0.15) is 16.8 Å². The fourth-order valence-corrected chi connectivity index (χ4v) is 2.70. The van der Waals surface area contributed by atoms with Crippen molar-refractivity contribution in [2.75, 3.05) is 5.43 Å². The molecular weight excluding hydrogens is 242 g/mol. The molecule has 2 rings (SSSR count). The summed E-state index contributed by atoms with van der Waals surface area (Å²) in [6, 6.07) is 12.3. The molecule has 3 nitrogen and oxygen atoms in total. The summed E-state index contributed by atoms with van der Waals surface area (Å²) in [7, 11) is 0. The summed E-state index contributed by atoms with van der Waals surface area (Å²) in [5.41, 5.74) is 7.31. The Morgan fingerprint density at radius 3 is 2.83 bits per heavy atom. The Labute approximate surface area is 112 Å². The Balaban J connectivity index is 1.90. The van der Waals surface area contributed by atoms with E-state index in [0.717, 1.165) is 22.9 Å². The monoisotopic (exact) mass is 259 g/mol. The molecule has 0 aliphatic rings. The van der Waals surface area contributed by atoms with Gasteiger partial charge in [0.2, 0.25) is 0 Å². The van der Waals surface area contributed by atoms with Crippen molar-refractivity contribution in [3.63, 3.8) is 0 Å². The molecule has 2 aromatic rings. The SMILES string of the molecule is Cc1ccccc1CSCc1cc(NN)ccn1. The minimum atomic E-state index is 0.893. The smallest absolute Gasteiger partial charge is 0.0523 e. The first-order valence-corrected chi connectivity index (χ1v) is 6.99. The summed E-state index contributed by atoms with van der Waals surface area (Å²) >= 11 is 1.86. The zero-order valence-corrected chi connectivity index (χ0v) is 11.2. The molecule has 0 radical (unpaired) electrons. The van der Waals surface area contributed by atoms with E-state index in [1.54, 1.807) is 6.20 Å². The number of nitrogens with zero attached hydrogens (tertiary/aromatic N) is 1. The van der Waals surface area contributed by atoms with Gasteiger partial charge in [-0.1, -0.05) is 24.3 Å². The molecule has 0 aliphatic heterocycles. The molecule has 0 bridgehead atoms. The normalized spacial score (nSPS) is 10.3. The molecule has 0 amide bonds. The van der Waals surface area contributed by atoms with Gasteiger partial charge >= 0.3 is 0 Å². The number of thioether (sulfide) groups is 1. The second-order valence-electron chi connectivity index (χ2n) is 4.10. The fourth-order valence-electron chi connectivity index (χ4n) is 1.68. The van der Waals surface area contributed by atoms with E-state index in [-0.39, 0.29) is 0 Å². The van der Waals surface area contributed by atoms with Crippen LogP contribution >= 0.6 is 11.8 Å². The van der Waals surface area contributed by atoms with E-state index in [2.05, 4.69) is 41.6 Å². The minimum absolute atomic E-state index is 0.893. The Morgan fingerprint density at radius 1 is 1.22 bits per heavy atom. The van der Waals surface area contributed by atoms with E-state index in [1.165, 1.54) is 11.1 Å². The van der Waals surface area contributed by atoms with E-state index in [1.807, 2.05) is 23.9 Å². The number of aromatic nitrogens is 1. The Hall–Kier alpha value is -1.52. The predicted octanol–water partition coefficient (Wildman–Crippen LogP) is 3.11. The number of nitrogens with two attached hydrogens (primary N) is 1. The maximum absolute atomic E-state index is 5.37. The van der Waals surface area contributed by atoms with Crippen LogP contribution in [0.5, 0.6) is 0 Å². The first-order chi connectivity index (χ1) is 8.79. The van der Waals surface area contributed by atoms with Crippen LogP contribution in [-0.2, 0) is 11.5 Å². The van der Waals surface area contributed by atoms with Crippen molar-refractivity contribution in [3.8, 4) is 0 Å². The molecule has 0 spiro atoms. The van der Waals surface area contributed by atoms with Crippen molar-refractivity contribution in [1.29, 1.82) is 0 Å². The van der Waals surface area contributed by atoms with Crippen LogP contribution in [0, 0.1) is 6.92 Å².